The zero-order chi connectivity index (χ0) is 18.4. The Morgan fingerprint density at radius 2 is 2.04 bits per heavy atom. The topological polar surface area (TPSA) is 78.9 Å². The zero-order valence-corrected chi connectivity index (χ0v) is 15.1. The Morgan fingerprint density at radius 1 is 1.27 bits per heavy atom. The van der Waals surface area contributed by atoms with Gasteiger partial charge in [-0.15, -0.1) is 0 Å². The third-order valence-corrected chi connectivity index (χ3v) is 5.14. The van der Waals surface area contributed by atoms with Gasteiger partial charge in [0.15, 0.2) is 0 Å². The fourth-order valence-corrected chi connectivity index (χ4v) is 3.93. The molecule has 1 atom stereocenters. The van der Waals surface area contributed by atoms with Crippen molar-refractivity contribution in [1.29, 1.82) is 0 Å². The van der Waals surface area contributed by atoms with E-state index in [1.165, 1.54) is 0 Å². The van der Waals surface area contributed by atoms with Crippen LogP contribution >= 0.6 is 0 Å². The Balaban J connectivity index is 2.02. The molecule has 0 radical (unpaired) electrons. The van der Waals surface area contributed by atoms with Crippen molar-refractivity contribution >= 4 is 28.5 Å². The smallest absolute Gasteiger partial charge is 0.336 e. The molecule has 1 aromatic carbocycles. The number of carbonyl (C=O) groups is 1. The predicted molar refractivity (Wildman–Crippen MR) is 102 cm³/mol. The standard InChI is InChI=1S/C21H21N3O2/c1-11-8-14(10-16-12(2)23-24-13(16)3)20-17(9-11)19(21(25)26)15-6-4-5-7-18(15)22-20/h4-7,10-11H,8-9H2,1-3H3,(H,23,24)(H,25,26)/b14-10-/t11-/m0/s1. The van der Waals surface area contributed by atoms with Crippen molar-refractivity contribution in [3.8, 4) is 0 Å². The van der Waals surface area contributed by atoms with Crippen molar-refractivity contribution in [2.24, 2.45) is 5.92 Å². The van der Waals surface area contributed by atoms with Crippen LogP contribution in [0.3, 0.4) is 0 Å². The summed E-state index contributed by atoms with van der Waals surface area (Å²) in [5.41, 5.74) is 6.88. The van der Waals surface area contributed by atoms with E-state index in [-0.39, 0.29) is 0 Å². The van der Waals surface area contributed by atoms with Crippen LogP contribution in [-0.4, -0.2) is 26.3 Å². The highest BCUT2D eigenvalue weighted by molar-refractivity contribution is 6.06. The van der Waals surface area contributed by atoms with E-state index in [0.717, 1.165) is 52.1 Å². The summed E-state index contributed by atoms with van der Waals surface area (Å²) < 4.78 is 0. The van der Waals surface area contributed by atoms with E-state index >= 15 is 0 Å². The lowest BCUT2D eigenvalue weighted by Gasteiger charge is -2.26. The molecule has 5 heteroatoms. The van der Waals surface area contributed by atoms with E-state index in [2.05, 4.69) is 23.2 Å². The van der Waals surface area contributed by atoms with Gasteiger partial charge in [-0.2, -0.15) is 5.10 Å². The van der Waals surface area contributed by atoms with Crippen LogP contribution < -0.4 is 0 Å². The molecule has 0 saturated heterocycles. The minimum absolute atomic E-state index is 0.363. The second-order valence-corrected chi connectivity index (χ2v) is 7.17. The normalized spacial score (nSPS) is 18.3. The van der Waals surface area contributed by atoms with E-state index in [9.17, 15) is 9.90 Å². The molecule has 0 saturated carbocycles. The molecule has 0 unspecified atom stereocenters. The summed E-state index contributed by atoms with van der Waals surface area (Å²) in [4.78, 5) is 16.9. The predicted octanol–water partition coefficient (Wildman–Crippen LogP) is 4.40. The van der Waals surface area contributed by atoms with Crippen LogP contribution in [0.5, 0.6) is 0 Å². The molecule has 132 valence electrons. The number of aromatic nitrogens is 3. The van der Waals surface area contributed by atoms with Crippen molar-refractivity contribution in [3.63, 3.8) is 0 Å². The molecule has 0 bridgehead atoms. The summed E-state index contributed by atoms with van der Waals surface area (Å²) in [5.74, 6) is -0.522. The molecule has 0 aliphatic heterocycles. The Kier molecular flexibility index (Phi) is 3.87. The van der Waals surface area contributed by atoms with Gasteiger partial charge < -0.3 is 5.11 Å². The molecule has 2 N–H and O–H groups in total. The minimum atomic E-state index is -0.885. The van der Waals surface area contributed by atoms with Crippen LogP contribution in [-0.2, 0) is 6.42 Å². The molecule has 0 spiro atoms. The third kappa shape index (κ3) is 2.60. The molecule has 5 nitrogen and oxygen atoms in total. The summed E-state index contributed by atoms with van der Waals surface area (Å²) in [6.45, 7) is 6.13. The average Bonchev–Trinajstić information content (AvgIpc) is 2.91. The van der Waals surface area contributed by atoms with Crippen LogP contribution in [0.15, 0.2) is 24.3 Å². The number of aryl methyl sites for hydroxylation is 2. The maximum absolute atomic E-state index is 12.1. The summed E-state index contributed by atoms with van der Waals surface area (Å²) >= 11 is 0. The number of carboxylic acids is 1. The van der Waals surface area contributed by atoms with E-state index in [0.29, 0.717) is 16.9 Å². The molecule has 2 aromatic heterocycles. The van der Waals surface area contributed by atoms with Gasteiger partial charge >= 0.3 is 5.97 Å². The summed E-state index contributed by atoms with van der Waals surface area (Å²) in [5, 5.41) is 17.9. The van der Waals surface area contributed by atoms with E-state index in [1.54, 1.807) is 0 Å². The lowest BCUT2D eigenvalue weighted by molar-refractivity contribution is 0.0697. The maximum atomic E-state index is 12.1. The Morgan fingerprint density at radius 3 is 2.73 bits per heavy atom. The molecule has 3 aromatic rings. The average molecular weight is 347 g/mol. The molecule has 4 rings (SSSR count). The first kappa shape index (κ1) is 16.5. The number of hydrogen-bond acceptors (Lipinski definition) is 3. The molecular weight excluding hydrogens is 326 g/mol. The number of nitrogens with zero attached hydrogens (tertiary/aromatic N) is 2. The number of carboxylic acid groups (broad SMARTS) is 1. The Labute approximate surface area is 151 Å². The van der Waals surface area contributed by atoms with Crippen LogP contribution in [0, 0.1) is 19.8 Å². The number of aromatic amines is 1. The van der Waals surface area contributed by atoms with Gasteiger partial charge in [-0.3, -0.25) is 5.10 Å². The number of rotatable bonds is 2. The molecule has 0 fully saturated rings. The van der Waals surface area contributed by atoms with Crippen LogP contribution in [0.2, 0.25) is 0 Å². The first-order valence-corrected chi connectivity index (χ1v) is 8.83. The highest BCUT2D eigenvalue weighted by atomic mass is 16.4. The van der Waals surface area contributed by atoms with E-state index in [4.69, 9.17) is 4.98 Å². The summed E-state index contributed by atoms with van der Waals surface area (Å²) in [6.07, 6.45) is 3.73. The van der Waals surface area contributed by atoms with Crippen LogP contribution in [0.1, 0.15) is 51.9 Å². The van der Waals surface area contributed by atoms with Crippen LogP contribution in [0.25, 0.3) is 22.6 Å². The summed E-state index contributed by atoms with van der Waals surface area (Å²) in [6, 6.07) is 7.49. The van der Waals surface area contributed by atoms with Gasteiger partial charge in [0.2, 0.25) is 0 Å². The van der Waals surface area contributed by atoms with Crippen molar-refractivity contribution in [3.05, 3.63) is 58.0 Å². The number of hydrogen-bond donors (Lipinski definition) is 2. The quantitative estimate of drug-likeness (QED) is 0.720. The number of para-hydroxylation sites is 1. The van der Waals surface area contributed by atoms with Crippen molar-refractivity contribution < 1.29 is 9.90 Å². The molecule has 0 amide bonds. The van der Waals surface area contributed by atoms with Gasteiger partial charge in [0.1, 0.15) is 0 Å². The molecular formula is C21H21N3O2. The minimum Gasteiger partial charge on any atom is -0.478 e. The summed E-state index contributed by atoms with van der Waals surface area (Å²) in [7, 11) is 0. The van der Waals surface area contributed by atoms with E-state index < -0.39 is 5.97 Å². The number of allylic oxidation sites excluding steroid dienone is 1. The van der Waals surface area contributed by atoms with Crippen LogP contribution in [0.4, 0.5) is 0 Å². The Hall–Kier alpha value is -2.95. The highest BCUT2D eigenvalue weighted by Crippen LogP contribution is 2.38. The number of pyridine rings is 1. The lowest BCUT2D eigenvalue weighted by Crippen LogP contribution is -2.17. The van der Waals surface area contributed by atoms with Crippen molar-refractivity contribution in [2.75, 3.05) is 0 Å². The van der Waals surface area contributed by atoms with Gasteiger partial charge in [-0.05, 0) is 55.9 Å². The van der Waals surface area contributed by atoms with Crippen molar-refractivity contribution in [2.45, 2.75) is 33.6 Å². The largest absolute Gasteiger partial charge is 0.478 e. The maximum Gasteiger partial charge on any atom is 0.336 e. The van der Waals surface area contributed by atoms with Gasteiger partial charge in [0.25, 0.3) is 0 Å². The molecule has 26 heavy (non-hydrogen) atoms. The Bertz CT molecular complexity index is 1040. The number of H-pyrrole nitrogens is 1. The second-order valence-electron chi connectivity index (χ2n) is 7.17. The fourth-order valence-electron chi connectivity index (χ4n) is 3.93. The third-order valence-electron chi connectivity index (χ3n) is 5.14. The highest BCUT2D eigenvalue weighted by Gasteiger charge is 2.28. The molecule has 1 aliphatic carbocycles. The first-order chi connectivity index (χ1) is 12.5. The number of aromatic carboxylic acids is 1. The number of fused-ring (bicyclic) bond motifs is 2. The van der Waals surface area contributed by atoms with E-state index in [1.807, 2.05) is 38.1 Å². The molecule has 2 heterocycles. The van der Waals surface area contributed by atoms with Crippen molar-refractivity contribution in [1.82, 2.24) is 15.2 Å². The van der Waals surface area contributed by atoms with Gasteiger partial charge in [0, 0.05) is 16.6 Å². The van der Waals surface area contributed by atoms with Gasteiger partial charge in [-0.25, -0.2) is 9.78 Å². The first-order valence-electron chi connectivity index (χ1n) is 8.83. The number of nitrogens with one attached hydrogen (secondary N) is 1. The van der Waals surface area contributed by atoms with Gasteiger partial charge in [0.05, 0.1) is 22.5 Å². The monoisotopic (exact) mass is 347 g/mol. The zero-order valence-electron chi connectivity index (χ0n) is 15.1. The van der Waals surface area contributed by atoms with Gasteiger partial charge in [-0.1, -0.05) is 25.1 Å². The second kappa shape index (κ2) is 6.09. The number of benzene rings is 1. The fraction of sp³-hybridized carbons (Fsp3) is 0.286. The SMILES string of the molecule is Cc1n[nH]c(C)c1/C=C1/C[C@H](C)Cc2c1nc1ccccc1c2C(=O)O. The molecule has 1 aliphatic rings. The lowest BCUT2D eigenvalue weighted by atomic mass is 9.80.